The van der Waals surface area contributed by atoms with Crippen molar-refractivity contribution in [3.8, 4) is 0 Å². The molecule has 0 atom stereocenters. The molecule has 0 bridgehead atoms. The third-order valence-corrected chi connectivity index (χ3v) is 5.71. The average Bonchev–Trinajstić information content (AvgIpc) is 2.72. The first-order chi connectivity index (χ1) is 13.9. The zero-order chi connectivity index (χ0) is 20.5. The molecule has 0 fully saturated rings. The maximum Gasteiger partial charge on any atom is 0.263 e. The fraction of sp³-hybridized carbons (Fsp3) is 0.130. The summed E-state index contributed by atoms with van der Waals surface area (Å²) in [6, 6.07) is 20.9. The van der Waals surface area contributed by atoms with Gasteiger partial charge in [-0.25, -0.2) is 0 Å². The van der Waals surface area contributed by atoms with Gasteiger partial charge in [0, 0.05) is 0 Å². The molecule has 0 amide bonds. The highest BCUT2D eigenvalue weighted by molar-refractivity contribution is 6.42. The number of para-hydroxylation sites is 1. The van der Waals surface area contributed by atoms with Gasteiger partial charge in [-0.15, -0.1) is 0 Å². The summed E-state index contributed by atoms with van der Waals surface area (Å²) in [7, 11) is 0. The van der Waals surface area contributed by atoms with Gasteiger partial charge in [-0.1, -0.05) is 71.2 Å². The van der Waals surface area contributed by atoms with Gasteiger partial charge in [-0.3, -0.25) is 14.8 Å². The lowest BCUT2D eigenvalue weighted by atomic mass is 10.1. The molecule has 0 aliphatic heterocycles. The van der Waals surface area contributed by atoms with Crippen LogP contribution in [0, 0.1) is 12.3 Å². The largest absolute Gasteiger partial charge is 0.307 e. The van der Waals surface area contributed by atoms with Crippen LogP contribution in [0.1, 0.15) is 16.7 Å². The van der Waals surface area contributed by atoms with Crippen molar-refractivity contribution in [1.29, 1.82) is 5.41 Å². The Balaban J connectivity index is 1.88. The first kappa shape index (κ1) is 19.5. The van der Waals surface area contributed by atoms with E-state index in [1.165, 1.54) is 10.1 Å². The van der Waals surface area contributed by atoms with Crippen LogP contribution in [0.4, 0.5) is 0 Å². The van der Waals surface area contributed by atoms with E-state index in [1.807, 2.05) is 60.0 Å². The second-order valence-electron chi connectivity index (χ2n) is 7.05. The lowest BCUT2D eigenvalue weighted by Gasteiger charge is -2.16. The van der Waals surface area contributed by atoms with Crippen molar-refractivity contribution in [2.24, 2.45) is 0 Å². The normalized spacial score (nSPS) is 11.1. The van der Waals surface area contributed by atoms with Crippen LogP contribution in [0.25, 0.3) is 10.9 Å². The molecule has 4 rings (SSSR count). The van der Waals surface area contributed by atoms with Crippen LogP contribution in [0.5, 0.6) is 0 Å². The fourth-order valence-corrected chi connectivity index (χ4v) is 3.72. The highest BCUT2D eigenvalue weighted by Gasteiger charge is 2.12. The first-order valence-electron chi connectivity index (χ1n) is 9.20. The van der Waals surface area contributed by atoms with E-state index in [-0.39, 0.29) is 17.7 Å². The SMILES string of the molecule is Cc1ccc(Cn2c(=N)n(Cc3ccc(Cl)c(Cl)c3)c(=O)c3ccccc32)cc1. The molecule has 146 valence electrons. The minimum atomic E-state index is -0.197. The van der Waals surface area contributed by atoms with Crippen molar-refractivity contribution in [2.45, 2.75) is 20.0 Å². The van der Waals surface area contributed by atoms with Crippen molar-refractivity contribution < 1.29 is 0 Å². The van der Waals surface area contributed by atoms with Crippen LogP contribution in [-0.4, -0.2) is 9.13 Å². The summed E-state index contributed by atoms with van der Waals surface area (Å²) in [5, 5.41) is 10.2. The average molecular weight is 424 g/mol. The van der Waals surface area contributed by atoms with Crippen molar-refractivity contribution >= 4 is 34.1 Å². The Hall–Kier alpha value is -2.82. The summed E-state index contributed by atoms with van der Waals surface area (Å²) < 4.78 is 3.33. The van der Waals surface area contributed by atoms with Gasteiger partial charge in [0.15, 0.2) is 0 Å². The van der Waals surface area contributed by atoms with E-state index in [0.717, 1.165) is 16.6 Å². The summed E-state index contributed by atoms with van der Waals surface area (Å²) >= 11 is 12.1. The summed E-state index contributed by atoms with van der Waals surface area (Å²) in [4.78, 5) is 13.1. The number of nitrogens with zero attached hydrogens (tertiary/aromatic N) is 2. The predicted molar refractivity (Wildman–Crippen MR) is 118 cm³/mol. The van der Waals surface area contributed by atoms with E-state index in [0.29, 0.717) is 22.0 Å². The summed E-state index contributed by atoms with van der Waals surface area (Å²) in [5.41, 5.74) is 3.75. The Kier molecular flexibility index (Phi) is 5.31. The maximum atomic E-state index is 13.1. The van der Waals surface area contributed by atoms with E-state index in [4.69, 9.17) is 28.6 Å². The topological polar surface area (TPSA) is 50.8 Å². The van der Waals surface area contributed by atoms with Gasteiger partial charge in [-0.05, 0) is 42.3 Å². The second-order valence-corrected chi connectivity index (χ2v) is 7.87. The van der Waals surface area contributed by atoms with Crippen LogP contribution in [-0.2, 0) is 13.1 Å². The molecule has 1 aromatic heterocycles. The summed E-state index contributed by atoms with van der Waals surface area (Å²) in [6.45, 7) is 2.79. The molecule has 0 saturated heterocycles. The molecule has 29 heavy (non-hydrogen) atoms. The number of hydrogen-bond acceptors (Lipinski definition) is 2. The van der Waals surface area contributed by atoms with Crippen LogP contribution in [0.15, 0.2) is 71.5 Å². The van der Waals surface area contributed by atoms with Gasteiger partial charge in [0.25, 0.3) is 5.56 Å². The number of rotatable bonds is 4. The van der Waals surface area contributed by atoms with E-state index in [1.54, 1.807) is 18.2 Å². The maximum absolute atomic E-state index is 13.1. The molecule has 6 heteroatoms. The molecule has 1 N–H and O–H groups in total. The second kappa shape index (κ2) is 7.90. The smallest absolute Gasteiger partial charge is 0.263 e. The number of fused-ring (bicyclic) bond motifs is 1. The lowest BCUT2D eigenvalue weighted by Crippen LogP contribution is -2.40. The van der Waals surface area contributed by atoms with Crippen LogP contribution in [0.2, 0.25) is 10.0 Å². The molecule has 4 nitrogen and oxygen atoms in total. The Bertz CT molecular complexity index is 1320. The minimum absolute atomic E-state index is 0.139. The van der Waals surface area contributed by atoms with E-state index in [2.05, 4.69) is 0 Å². The monoisotopic (exact) mass is 423 g/mol. The third kappa shape index (κ3) is 3.86. The van der Waals surface area contributed by atoms with Crippen molar-refractivity contribution in [1.82, 2.24) is 9.13 Å². The van der Waals surface area contributed by atoms with E-state index < -0.39 is 0 Å². The highest BCUT2D eigenvalue weighted by atomic mass is 35.5. The Morgan fingerprint density at radius 1 is 0.828 bits per heavy atom. The quantitative estimate of drug-likeness (QED) is 0.493. The lowest BCUT2D eigenvalue weighted by molar-refractivity contribution is 0.603. The molecular weight excluding hydrogens is 405 g/mol. The third-order valence-electron chi connectivity index (χ3n) is 4.97. The molecule has 1 heterocycles. The number of nitrogens with one attached hydrogen (secondary N) is 1. The van der Waals surface area contributed by atoms with Gasteiger partial charge < -0.3 is 4.57 Å². The number of aryl methyl sites for hydroxylation is 1. The molecule has 3 aromatic carbocycles. The van der Waals surface area contributed by atoms with E-state index >= 15 is 0 Å². The number of aromatic nitrogens is 2. The molecule has 0 saturated carbocycles. The Labute approximate surface area is 178 Å². The molecule has 0 aliphatic carbocycles. The minimum Gasteiger partial charge on any atom is -0.307 e. The van der Waals surface area contributed by atoms with Crippen molar-refractivity contribution in [3.05, 3.63) is 109 Å². The van der Waals surface area contributed by atoms with Gasteiger partial charge in [0.05, 0.1) is 34.0 Å². The molecule has 4 aromatic rings. The van der Waals surface area contributed by atoms with Gasteiger partial charge in [0.1, 0.15) is 0 Å². The molecular formula is C23H19Cl2N3O. The van der Waals surface area contributed by atoms with Crippen molar-refractivity contribution in [3.63, 3.8) is 0 Å². The zero-order valence-corrected chi connectivity index (χ0v) is 17.3. The van der Waals surface area contributed by atoms with Crippen LogP contribution >= 0.6 is 23.2 Å². The number of hydrogen-bond donors (Lipinski definition) is 1. The number of halogens is 2. The highest BCUT2D eigenvalue weighted by Crippen LogP contribution is 2.22. The van der Waals surface area contributed by atoms with Crippen molar-refractivity contribution in [2.75, 3.05) is 0 Å². The fourth-order valence-electron chi connectivity index (χ4n) is 3.39. The summed E-state index contributed by atoms with van der Waals surface area (Å²) in [5.74, 6) is 0. The van der Waals surface area contributed by atoms with E-state index in [9.17, 15) is 4.79 Å². The molecule has 0 aliphatic rings. The molecule has 0 radical (unpaired) electrons. The van der Waals surface area contributed by atoms with Crippen LogP contribution in [0.3, 0.4) is 0 Å². The predicted octanol–water partition coefficient (Wildman–Crippen LogP) is 4.99. The zero-order valence-electron chi connectivity index (χ0n) is 15.8. The molecule has 0 unspecified atom stereocenters. The van der Waals surface area contributed by atoms with Gasteiger partial charge in [-0.2, -0.15) is 0 Å². The Morgan fingerprint density at radius 3 is 2.21 bits per heavy atom. The Morgan fingerprint density at radius 2 is 1.48 bits per heavy atom. The molecule has 0 spiro atoms. The van der Waals surface area contributed by atoms with Gasteiger partial charge in [0.2, 0.25) is 5.62 Å². The van der Waals surface area contributed by atoms with Crippen LogP contribution < -0.4 is 11.2 Å². The number of benzene rings is 3. The van der Waals surface area contributed by atoms with Gasteiger partial charge >= 0.3 is 0 Å². The first-order valence-corrected chi connectivity index (χ1v) is 9.96. The summed E-state index contributed by atoms with van der Waals surface area (Å²) in [6.07, 6.45) is 0. The standard InChI is InChI=1S/C23H19Cl2N3O/c1-15-6-8-16(9-7-15)13-27-21-5-3-2-4-18(21)22(29)28(23(27)26)14-17-10-11-19(24)20(25)12-17/h2-12,26H,13-14H2,1H3.